The third kappa shape index (κ3) is 3.94. The fourth-order valence-electron chi connectivity index (χ4n) is 3.41. The van der Waals surface area contributed by atoms with Gasteiger partial charge in [-0.05, 0) is 53.5 Å². The average molecular weight is 391 g/mol. The van der Waals surface area contributed by atoms with Gasteiger partial charge in [0.05, 0.1) is 6.26 Å². The van der Waals surface area contributed by atoms with Crippen molar-refractivity contribution in [2.75, 3.05) is 11.0 Å². The van der Waals surface area contributed by atoms with E-state index in [0.29, 0.717) is 12.3 Å². The van der Waals surface area contributed by atoms with Crippen LogP contribution >= 0.6 is 0 Å². The van der Waals surface area contributed by atoms with Crippen LogP contribution in [0.1, 0.15) is 27.8 Å². The fraction of sp³-hybridized carbons (Fsp3) is 0.130. The number of benzene rings is 3. The van der Waals surface area contributed by atoms with Gasteiger partial charge in [-0.1, -0.05) is 54.1 Å². The Bertz CT molecular complexity index is 1180. The van der Waals surface area contributed by atoms with Crippen molar-refractivity contribution in [3.8, 4) is 5.75 Å². The first-order chi connectivity index (χ1) is 13.4. The smallest absolute Gasteiger partial charge is 0.229 e. The first-order valence-electron chi connectivity index (χ1n) is 9.01. The lowest BCUT2D eigenvalue weighted by Crippen LogP contribution is -2.09. The molecule has 0 bridgehead atoms. The van der Waals surface area contributed by atoms with Gasteiger partial charge in [0.15, 0.2) is 0 Å². The van der Waals surface area contributed by atoms with Crippen LogP contribution < -0.4 is 9.46 Å². The lowest BCUT2D eigenvalue weighted by atomic mass is 9.91. The van der Waals surface area contributed by atoms with E-state index in [1.165, 1.54) is 5.56 Å². The first-order valence-corrected chi connectivity index (χ1v) is 10.9. The molecule has 1 aliphatic heterocycles. The molecule has 4 rings (SSSR count). The molecule has 0 saturated heterocycles. The molecule has 0 saturated carbocycles. The second-order valence-electron chi connectivity index (χ2n) is 7.00. The number of hydrogen-bond acceptors (Lipinski definition) is 3. The molecular weight excluding hydrogens is 370 g/mol. The van der Waals surface area contributed by atoms with Gasteiger partial charge in [-0.25, -0.2) is 8.42 Å². The van der Waals surface area contributed by atoms with Crippen molar-refractivity contribution in [1.82, 2.24) is 0 Å². The highest BCUT2D eigenvalue weighted by molar-refractivity contribution is 7.92. The minimum Gasteiger partial charge on any atom is -0.488 e. The van der Waals surface area contributed by atoms with Gasteiger partial charge >= 0.3 is 0 Å². The zero-order valence-corrected chi connectivity index (χ0v) is 16.6. The zero-order chi connectivity index (χ0) is 19.7. The largest absolute Gasteiger partial charge is 0.488 e. The molecule has 5 heteroatoms. The Balaban J connectivity index is 1.89. The number of fused-ring (bicyclic) bond motifs is 2. The van der Waals surface area contributed by atoms with Gasteiger partial charge in [-0.15, -0.1) is 0 Å². The second-order valence-corrected chi connectivity index (χ2v) is 8.75. The van der Waals surface area contributed by atoms with Crippen LogP contribution in [-0.4, -0.2) is 14.7 Å². The number of rotatable bonds is 3. The molecule has 0 fully saturated rings. The Kier molecular flexibility index (Phi) is 4.69. The van der Waals surface area contributed by atoms with Crippen molar-refractivity contribution in [2.45, 2.75) is 13.5 Å². The van der Waals surface area contributed by atoms with E-state index in [-0.39, 0.29) is 0 Å². The van der Waals surface area contributed by atoms with Gasteiger partial charge in [0.1, 0.15) is 12.4 Å². The fourth-order valence-corrected chi connectivity index (χ4v) is 3.97. The maximum Gasteiger partial charge on any atom is 0.229 e. The summed E-state index contributed by atoms with van der Waals surface area (Å²) in [6.07, 6.45) is 3.23. The molecule has 0 aliphatic carbocycles. The molecule has 0 spiro atoms. The van der Waals surface area contributed by atoms with Crippen LogP contribution in [0.5, 0.6) is 5.75 Å². The molecule has 0 atom stereocenters. The van der Waals surface area contributed by atoms with Crippen LogP contribution in [0.3, 0.4) is 0 Å². The van der Waals surface area contributed by atoms with Gasteiger partial charge in [0, 0.05) is 11.3 Å². The van der Waals surface area contributed by atoms with Crippen molar-refractivity contribution < 1.29 is 13.2 Å². The monoisotopic (exact) mass is 391 g/mol. The van der Waals surface area contributed by atoms with E-state index in [1.54, 1.807) is 6.07 Å². The average Bonchev–Trinajstić information content (AvgIpc) is 2.78. The van der Waals surface area contributed by atoms with Crippen molar-refractivity contribution in [2.24, 2.45) is 0 Å². The lowest BCUT2D eigenvalue weighted by molar-refractivity contribution is 0.307. The summed E-state index contributed by atoms with van der Waals surface area (Å²) in [5, 5.41) is 0. The highest BCUT2D eigenvalue weighted by atomic mass is 32.2. The number of hydrogen-bond donors (Lipinski definition) is 1. The van der Waals surface area contributed by atoms with Crippen molar-refractivity contribution in [3.63, 3.8) is 0 Å². The van der Waals surface area contributed by atoms with E-state index < -0.39 is 10.0 Å². The van der Waals surface area contributed by atoms with E-state index in [4.69, 9.17) is 4.74 Å². The van der Waals surface area contributed by atoms with Crippen LogP contribution in [0, 0.1) is 6.92 Å². The summed E-state index contributed by atoms with van der Waals surface area (Å²) in [5.41, 5.74) is 6.96. The number of sulfonamides is 1. The lowest BCUT2D eigenvalue weighted by Gasteiger charge is -2.12. The number of anilines is 1. The minimum absolute atomic E-state index is 0.514. The minimum atomic E-state index is -3.33. The summed E-state index contributed by atoms with van der Waals surface area (Å²) in [6, 6.07) is 21.7. The molecular formula is C23H21NO3S. The summed E-state index contributed by atoms with van der Waals surface area (Å²) in [7, 11) is -3.33. The molecule has 0 radical (unpaired) electrons. The van der Waals surface area contributed by atoms with Crippen molar-refractivity contribution in [3.05, 3.63) is 94.5 Å². The van der Waals surface area contributed by atoms with Crippen molar-refractivity contribution in [1.29, 1.82) is 0 Å². The van der Waals surface area contributed by atoms with Crippen LogP contribution in [0.2, 0.25) is 0 Å². The summed E-state index contributed by atoms with van der Waals surface area (Å²) in [5.74, 6) is 0.841. The SMILES string of the molecule is Cc1ccc2c(c1)C(=Cc1cccc(NS(C)(=O)=O)c1)c1ccccc1OC2. The number of nitrogens with one attached hydrogen (secondary N) is 1. The van der Waals surface area contributed by atoms with Gasteiger partial charge < -0.3 is 4.74 Å². The molecule has 28 heavy (non-hydrogen) atoms. The molecule has 3 aromatic rings. The number of para-hydroxylation sites is 1. The standard InChI is InChI=1S/C23H21NO3S/c1-16-10-11-18-15-27-23-9-4-3-8-20(23)22(21(18)12-16)14-17-6-5-7-19(13-17)24-28(2,25)26/h3-14,24H,15H2,1-2H3. The molecule has 1 heterocycles. The molecule has 0 aromatic heterocycles. The maximum absolute atomic E-state index is 11.6. The van der Waals surface area contributed by atoms with Crippen LogP contribution in [0.25, 0.3) is 11.6 Å². The Morgan fingerprint density at radius 2 is 1.79 bits per heavy atom. The van der Waals surface area contributed by atoms with E-state index in [9.17, 15) is 8.42 Å². The molecule has 3 aromatic carbocycles. The van der Waals surface area contributed by atoms with Crippen molar-refractivity contribution >= 4 is 27.4 Å². The molecule has 1 N–H and O–H groups in total. The van der Waals surface area contributed by atoms with Crippen LogP contribution in [0.15, 0.2) is 66.7 Å². The summed E-state index contributed by atoms with van der Waals surface area (Å²) in [4.78, 5) is 0. The molecule has 1 aliphatic rings. The van der Waals surface area contributed by atoms with E-state index in [0.717, 1.165) is 39.8 Å². The van der Waals surface area contributed by atoms with Gasteiger partial charge in [0.2, 0.25) is 10.0 Å². The third-order valence-corrected chi connectivity index (χ3v) is 5.22. The van der Waals surface area contributed by atoms with Crippen LogP contribution in [-0.2, 0) is 16.6 Å². The van der Waals surface area contributed by atoms with E-state index in [1.807, 2.05) is 36.4 Å². The predicted molar refractivity (Wildman–Crippen MR) is 114 cm³/mol. The molecule has 0 unspecified atom stereocenters. The maximum atomic E-state index is 11.6. The van der Waals surface area contributed by atoms with Crippen LogP contribution in [0.4, 0.5) is 5.69 Å². The Morgan fingerprint density at radius 3 is 2.61 bits per heavy atom. The number of aryl methyl sites for hydroxylation is 1. The van der Waals surface area contributed by atoms with E-state index >= 15 is 0 Å². The van der Waals surface area contributed by atoms with Gasteiger partial charge in [-0.2, -0.15) is 0 Å². The van der Waals surface area contributed by atoms with E-state index in [2.05, 4.69) is 42.0 Å². The zero-order valence-electron chi connectivity index (χ0n) is 15.8. The highest BCUT2D eigenvalue weighted by Gasteiger charge is 2.19. The second kappa shape index (κ2) is 7.17. The highest BCUT2D eigenvalue weighted by Crippen LogP contribution is 2.38. The Hall–Kier alpha value is -3.05. The van der Waals surface area contributed by atoms with Gasteiger partial charge in [-0.3, -0.25) is 4.72 Å². The molecule has 142 valence electrons. The van der Waals surface area contributed by atoms with Gasteiger partial charge in [0.25, 0.3) is 0 Å². The summed E-state index contributed by atoms with van der Waals surface area (Å²) in [6.45, 7) is 2.59. The quantitative estimate of drug-likeness (QED) is 0.694. The summed E-state index contributed by atoms with van der Waals surface area (Å²) >= 11 is 0. The molecule has 0 amide bonds. The number of ether oxygens (including phenoxy) is 1. The third-order valence-electron chi connectivity index (χ3n) is 4.62. The Labute approximate surface area is 165 Å². The summed E-state index contributed by atoms with van der Waals surface area (Å²) < 4.78 is 31.7. The topological polar surface area (TPSA) is 55.4 Å². The first kappa shape index (κ1) is 18.3. The molecule has 4 nitrogen and oxygen atoms in total. The Morgan fingerprint density at radius 1 is 0.964 bits per heavy atom. The predicted octanol–water partition coefficient (Wildman–Crippen LogP) is 4.85. The normalized spacial score (nSPS) is 14.6.